The van der Waals surface area contributed by atoms with E-state index in [1.165, 1.54) is 5.56 Å². The summed E-state index contributed by atoms with van der Waals surface area (Å²) < 4.78 is 0. The molecule has 6 heteroatoms. The summed E-state index contributed by atoms with van der Waals surface area (Å²) >= 11 is 0. The molecule has 130 valence electrons. The van der Waals surface area contributed by atoms with Crippen LogP contribution in [-0.2, 0) is 0 Å². The van der Waals surface area contributed by atoms with Crippen LogP contribution in [-0.4, -0.2) is 53.1 Å². The van der Waals surface area contributed by atoms with Crippen molar-refractivity contribution in [2.24, 2.45) is 0 Å². The van der Waals surface area contributed by atoms with Crippen LogP contribution in [0.5, 0.6) is 0 Å². The minimum absolute atomic E-state index is 0.0574. The lowest BCUT2D eigenvalue weighted by Gasteiger charge is -2.35. The van der Waals surface area contributed by atoms with Gasteiger partial charge in [-0.1, -0.05) is 30.3 Å². The number of carbonyl (C=O) groups excluding carboxylic acids is 1. The molecular weight excluding hydrogens is 314 g/mol. The number of benzene rings is 1. The number of aryl methyl sites for hydroxylation is 1. The van der Waals surface area contributed by atoms with E-state index in [0.717, 1.165) is 44.2 Å². The molecule has 1 saturated carbocycles. The molecule has 2 aromatic rings. The fourth-order valence-electron chi connectivity index (χ4n) is 3.43. The Bertz CT molecular complexity index is 742. The fourth-order valence-corrected chi connectivity index (χ4v) is 3.43. The van der Waals surface area contributed by atoms with Crippen molar-refractivity contribution in [3.05, 3.63) is 54.0 Å². The quantitative estimate of drug-likeness (QED) is 0.932. The Kier molecular flexibility index (Phi) is 4.26. The van der Waals surface area contributed by atoms with Gasteiger partial charge in [0.1, 0.15) is 11.6 Å². The Balaban J connectivity index is 1.28. The van der Waals surface area contributed by atoms with Gasteiger partial charge in [0.25, 0.3) is 0 Å². The topological polar surface area (TPSA) is 61.4 Å². The van der Waals surface area contributed by atoms with Crippen molar-refractivity contribution in [1.29, 1.82) is 0 Å². The molecule has 1 aliphatic heterocycles. The van der Waals surface area contributed by atoms with Gasteiger partial charge in [-0.3, -0.25) is 0 Å². The maximum absolute atomic E-state index is 12.5. The van der Waals surface area contributed by atoms with Crippen LogP contribution in [0.15, 0.2) is 42.6 Å². The third-order valence-electron chi connectivity index (χ3n) is 4.98. The summed E-state index contributed by atoms with van der Waals surface area (Å²) in [4.78, 5) is 25.2. The molecule has 2 aliphatic rings. The summed E-state index contributed by atoms with van der Waals surface area (Å²) in [6.07, 6.45) is 2.82. The predicted molar refractivity (Wildman–Crippen MR) is 96.7 cm³/mol. The highest BCUT2D eigenvalue weighted by Crippen LogP contribution is 2.40. The zero-order valence-corrected chi connectivity index (χ0v) is 14.4. The van der Waals surface area contributed by atoms with E-state index < -0.39 is 0 Å². The van der Waals surface area contributed by atoms with E-state index in [0.29, 0.717) is 5.92 Å². The van der Waals surface area contributed by atoms with Gasteiger partial charge in [-0.2, -0.15) is 0 Å². The Labute approximate surface area is 147 Å². The molecule has 2 fully saturated rings. The molecule has 1 aromatic carbocycles. The lowest BCUT2D eigenvalue weighted by Crippen LogP contribution is -2.52. The van der Waals surface area contributed by atoms with Crippen LogP contribution in [0.1, 0.15) is 23.7 Å². The number of aromatic nitrogens is 2. The average Bonchev–Trinajstić information content (AvgIpc) is 3.42. The van der Waals surface area contributed by atoms with Crippen LogP contribution in [0.3, 0.4) is 0 Å². The third-order valence-corrected chi connectivity index (χ3v) is 4.98. The standard InChI is InChI=1S/C19H23N5O/c1-14-20-8-7-18(21-14)23-9-11-24(12-10-23)19(25)22-17-13-16(17)15-5-3-2-4-6-15/h2-8,16-17H,9-13H2,1H3,(H,22,25). The van der Waals surface area contributed by atoms with Crippen molar-refractivity contribution in [3.8, 4) is 0 Å². The van der Waals surface area contributed by atoms with Gasteiger partial charge >= 0.3 is 6.03 Å². The summed E-state index contributed by atoms with van der Waals surface area (Å²) in [5, 5.41) is 3.18. The minimum atomic E-state index is 0.0574. The molecule has 1 saturated heterocycles. The number of piperazine rings is 1. The molecular formula is C19H23N5O. The van der Waals surface area contributed by atoms with E-state index >= 15 is 0 Å². The Morgan fingerprint density at radius 1 is 1.12 bits per heavy atom. The van der Waals surface area contributed by atoms with Gasteiger partial charge in [0.15, 0.2) is 0 Å². The van der Waals surface area contributed by atoms with Crippen molar-refractivity contribution in [2.45, 2.75) is 25.3 Å². The molecule has 6 nitrogen and oxygen atoms in total. The van der Waals surface area contributed by atoms with Gasteiger partial charge in [0.2, 0.25) is 0 Å². The number of hydrogen-bond donors (Lipinski definition) is 1. The number of anilines is 1. The zero-order valence-electron chi connectivity index (χ0n) is 14.4. The van der Waals surface area contributed by atoms with E-state index in [1.54, 1.807) is 6.20 Å². The second kappa shape index (κ2) is 6.70. The van der Waals surface area contributed by atoms with E-state index in [2.05, 4.69) is 44.5 Å². The normalized spacial score (nSPS) is 22.6. The molecule has 0 radical (unpaired) electrons. The largest absolute Gasteiger partial charge is 0.353 e. The number of urea groups is 1. The first-order valence-corrected chi connectivity index (χ1v) is 8.86. The van der Waals surface area contributed by atoms with Gasteiger partial charge in [0, 0.05) is 44.3 Å². The zero-order chi connectivity index (χ0) is 17.2. The van der Waals surface area contributed by atoms with Gasteiger partial charge < -0.3 is 15.1 Å². The Morgan fingerprint density at radius 2 is 1.88 bits per heavy atom. The second-order valence-electron chi connectivity index (χ2n) is 6.75. The highest BCUT2D eigenvalue weighted by Gasteiger charge is 2.40. The molecule has 0 spiro atoms. The molecule has 0 bridgehead atoms. The van der Waals surface area contributed by atoms with Crippen molar-refractivity contribution in [2.75, 3.05) is 31.1 Å². The van der Waals surface area contributed by atoms with Gasteiger partial charge in [-0.05, 0) is 25.0 Å². The smallest absolute Gasteiger partial charge is 0.317 e. The first-order valence-electron chi connectivity index (χ1n) is 8.86. The lowest BCUT2D eigenvalue weighted by atomic mass is 10.1. The molecule has 2 unspecified atom stereocenters. The van der Waals surface area contributed by atoms with Gasteiger partial charge in [-0.15, -0.1) is 0 Å². The first kappa shape index (κ1) is 15.9. The highest BCUT2D eigenvalue weighted by molar-refractivity contribution is 5.75. The first-order chi connectivity index (χ1) is 12.2. The summed E-state index contributed by atoms with van der Waals surface area (Å²) in [5.74, 6) is 2.19. The number of nitrogens with zero attached hydrogens (tertiary/aromatic N) is 4. The predicted octanol–water partition coefficient (Wildman–Crippen LogP) is 2.17. The number of hydrogen-bond acceptors (Lipinski definition) is 4. The van der Waals surface area contributed by atoms with Crippen LogP contribution in [0.4, 0.5) is 10.6 Å². The van der Waals surface area contributed by atoms with Crippen LogP contribution in [0, 0.1) is 6.92 Å². The fraction of sp³-hybridized carbons (Fsp3) is 0.421. The van der Waals surface area contributed by atoms with Crippen molar-refractivity contribution in [3.63, 3.8) is 0 Å². The number of carbonyl (C=O) groups is 1. The molecule has 4 rings (SSSR count). The average molecular weight is 337 g/mol. The third kappa shape index (κ3) is 3.57. The van der Waals surface area contributed by atoms with Gasteiger partial charge in [0.05, 0.1) is 0 Å². The number of rotatable bonds is 3. The SMILES string of the molecule is Cc1nccc(N2CCN(C(=O)NC3CC3c3ccccc3)CC2)n1. The van der Waals surface area contributed by atoms with Crippen LogP contribution in [0.2, 0.25) is 0 Å². The minimum Gasteiger partial charge on any atom is -0.353 e. The maximum atomic E-state index is 12.5. The Hall–Kier alpha value is -2.63. The molecule has 1 aromatic heterocycles. The molecule has 2 atom stereocenters. The van der Waals surface area contributed by atoms with Crippen LogP contribution in [0.25, 0.3) is 0 Å². The molecule has 25 heavy (non-hydrogen) atoms. The van der Waals surface area contributed by atoms with E-state index in [1.807, 2.05) is 24.0 Å². The number of amides is 2. The van der Waals surface area contributed by atoms with Crippen molar-refractivity contribution < 1.29 is 4.79 Å². The monoisotopic (exact) mass is 337 g/mol. The Morgan fingerprint density at radius 3 is 2.60 bits per heavy atom. The molecule has 2 heterocycles. The van der Waals surface area contributed by atoms with Crippen molar-refractivity contribution >= 4 is 11.8 Å². The molecule has 1 aliphatic carbocycles. The van der Waals surface area contributed by atoms with E-state index in [4.69, 9.17) is 0 Å². The van der Waals surface area contributed by atoms with Gasteiger partial charge in [-0.25, -0.2) is 14.8 Å². The highest BCUT2D eigenvalue weighted by atomic mass is 16.2. The van der Waals surface area contributed by atoms with Crippen molar-refractivity contribution in [1.82, 2.24) is 20.2 Å². The van der Waals surface area contributed by atoms with Crippen LogP contribution < -0.4 is 10.2 Å². The summed E-state index contributed by atoms with van der Waals surface area (Å²) in [6.45, 7) is 4.94. The van der Waals surface area contributed by atoms with Crippen LogP contribution >= 0.6 is 0 Å². The lowest BCUT2D eigenvalue weighted by molar-refractivity contribution is 0.193. The summed E-state index contributed by atoms with van der Waals surface area (Å²) in [7, 11) is 0. The molecule has 1 N–H and O–H groups in total. The van der Waals surface area contributed by atoms with E-state index in [9.17, 15) is 4.79 Å². The summed E-state index contributed by atoms with van der Waals surface area (Å²) in [5.41, 5.74) is 1.32. The maximum Gasteiger partial charge on any atom is 0.317 e. The summed E-state index contributed by atoms with van der Waals surface area (Å²) in [6, 6.07) is 12.7. The molecule has 2 amide bonds. The number of nitrogens with one attached hydrogen (secondary N) is 1. The second-order valence-corrected chi connectivity index (χ2v) is 6.75. The van der Waals surface area contributed by atoms with E-state index in [-0.39, 0.29) is 12.1 Å².